The number of primary amides is 1. The first-order valence-electron chi connectivity index (χ1n) is 6.85. The molecule has 21 heavy (non-hydrogen) atoms. The van der Waals surface area contributed by atoms with E-state index in [-0.39, 0.29) is 17.7 Å². The Morgan fingerprint density at radius 2 is 2.14 bits per heavy atom. The van der Waals surface area contributed by atoms with Crippen molar-refractivity contribution in [2.24, 2.45) is 11.7 Å². The summed E-state index contributed by atoms with van der Waals surface area (Å²) in [4.78, 5) is 23.2. The first kappa shape index (κ1) is 13.4. The van der Waals surface area contributed by atoms with Crippen molar-refractivity contribution < 1.29 is 14.0 Å². The van der Waals surface area contributed by atoms with E-state index in [2.05, 4.69) is 5.32 Å². The quantitative estimate of drug-likeness (QED) is 0.877. The van der Waals surface area contributed by atoms with Gasteiger partial charge in [0.2, 0.25) is 11.8 Å². The summed E-state index contributed by atoms with van der Waals surface area (Å²) in [7, 11) is 0. The highest BCUT2D eigenvalue weighted by Crippen LogP contribution is 2.47. The Balaban J connectivity index is 1.55. The highest BCUT2D eigenvalue weighted by atomic mass is 16.3. The van der Waals surface area contributed by atoms with Crippen molar-refractivity contribution in [3.63, 3.8) is 0 Å². The first-order chi connectivity index (χ1) is 10.1. The summed E-state index contributed by atoms with van der Waals surface area (Å²) < 4.78 is 5.31. The van der Waals surface area contributed by atoms with Crippen molar-refractivity contribution in [1.82, 2.24) is 5.32 Å². The van der Waals surface area contributed by atoms with Crippen LogP contribution in [0.15, 0.2) is 47.1 Å². The monoisotopic (exact) mass is 284 g/mol. The predicted octanol–water partition coefficient (Wildman–Crippen LogP) is 1.80. The predicted molar refractivity (Wildman–Crippen MR) is 76.4 cm³/mol. The maximum Gasteiger partial charge on any atom is 0.248 e. The molecule has 2 amide bonds. The molecule has 3 N–H and O–H groups in total. The number of furan rings is 1. The summed E-state index contributed by atoms with van der Waals surface area (Å²) in [6.45, 7) is 0.390. The number of hydrogen-bond donors (Lipinski definition) is 2. The Morgan fingerprint density at radius 3 is 2.86 bits per heavy atom. The van der Waals surface area contributed by atoms with Crippen LogP contribution >= 0.6 is 0 Å². The van der Waals surface area contributed by atoms with Gasteiger partial charge in [-0.1, -0.05) is 12.1 Å². The summed E-state index contributed by atoms with van der Waals surface area (Å²) in [6.07, 6.45) is 2.44. The average molecular weight is 284 g/mol. The third-order valence-electron chi connectivity index (χ3n) is 3.71. The van der Waals surface area contributed by atoms with Gasteiger partial charge in [-0.3, -0.25) is 9.59 Å². The second kappa shape index (κ2) is 5.44. The van der Waals surface area contributed by atoms with E-state index in [0.717, 1.165) is 17.7 Å². The summed E-state index contributed by atoms with van der Waals surface area (Å²) in [5.74, 6) is 0.586. The Bertz CT molecular complexity index is 664. The van der Waals surface area contributed by atoms with Crippen LogP contribution < -0.4 is 11.1 Å². The van der Waals surface area contributed by atoms with Crippen molar-refractivity contribution in [3.05, 3.63) is 59.5 Å². The molecular weight excluding hydrogens is 268 g/mol. The fourth-order valence-electron chi connectivity index (χ4n) is 2.46. The van der Waals surface area contributed by atoms with Gasteiger partial charge in [0.05, 0.1) is 6.26 Å². The molecule has 0 spiro atoms. The van der Waals surface area contributed by atoms with Gasteiger partial charge in [0.25, 0.3) is 0 Å². The van der Waals surface area contributed by atoms with E-state index in [1.54, 1.807) is 24.5 Å². The van der Waals surface area contributed by atoms with Gasteiger partial charge < -0.3 is 15.5 Å². The van der Waals surface area contributed by atoms with Crippen LogP contribution in [-0.2, 0) is 11.3 Å². The average Bonchev–Trinajstić information content (AvgIpc) is 3.11. The number of carbonyl (C=O) groups excluding carboxylic acids is 2. The van der Waals surface area contributed by atoms with Gasteiger partial charge in [-0.05, 0) is 36.2 Å². The highest BCUT2D eigenvalue weighted by molar-refractivity contribution is 5.92. The van der Waals surface area contributed by atoms with Crippen LogP contribution in [0.4, 0.5) is 0 Å². The van der Waals surface area contributed by atoms with E-state index in [1.165, 1.54) is 0 Å². The summed E-state index contributed by atoms with van der Waals surface area (Å²) >= 11 is 0. The van der Waals surface area contributed by atoms with Crippen LogP contribution in [0.2, 0.25) is 0 Å². The Kier molecular flexibility index (Phi) is 3.48. The lowest BCUT2D eigenvalue weighted by Crippen LogP contribution is -2.25. The number of rotatable bonds is 5. The third-order valence-corrected chi connectivity index (χ3v) is 3.71. The molecule has 2 unspecified atom stereocenters. The molecule has 3 rings (SSSR count). The van der Waals surface area contributed by atoms with Crippen LogP contribution in [-0.4, -0.2) is 11.8 Å². The molecule has 1 heterocycles. The van der Waals surface area contributed by atoms with Crippen LogP contribution in [0.1, 0.15) is 34.0 Å². The second-order valence-electron chi connectivity index (χ2n) is 5.25. The molecule has 1 aliphatic carbocycles. The minimum Gasteiger partial charge on any atom is -0.469 e. The van der Waals surface area contributed by atoms with E-state index >= 15 is 0 Å². The fraction of sp³-hybridized carbons (Fsp3) is 0.250. The molecule has 0 aliphatic heterocycles. The van der Waals surface area contributed by atoms with Crippen LogP contribution in [0.3, 0.4) is 0 Å². The molecule has 2 aromatic rings. The van der Waals surface area contributed by atoms with Crippen molar-refractivity contribution in [2.45, 2.75) is 18.9 Å². The zero-order valence-corrected chi connectivity index (χ0v) is 11.4. The lowest BCUT2D eigenvalue weighted by molar-refractivity contribution is -0.122. The maximum absolute atomic E-state index is 12.1. The molecule has 5 nitrogen and oxygen atoms in total. The molecule has 1 saturated carbocycles. The highest BCUT2D eigenvalue weighted by Gasteiger charge is 2.45. The van der Waals surface area contributed by atoms with Crippen LogP contribution in [0.5, 0.6) is 0 Å². The number of nitrogens with one attached hydrogen (secondary N) is 1. The van der Waals surface area contributed by atoms with E-state index in [4.69, 9.17) is 10.2 Å². The summed E-state index contributed by atoms with van der Waals surface area (Å²) in [6, 6.07) is 10.7. The molecule has 1 aromatic heterocycles. The molecular formula is C16H16N2O3. The molecule has 1 aliphatic rings. The minimum atomic E-state index is -0.469. The van der Waals surface area contributed by atoms with Crippen LogP contribution in [0.25, 0.3) is 0 Å². The standard InChI is InChI=1S/C16H16N2O3/c17-15(19)11-4-1-3-10(7-11)9-18-16(20)13-8-12(13)14-5-2-6-21-14/h1-7,12-13H,8-9H2,(H2,17,19)(H,18,20). The zero-order chi connectivity index (χ0) is 14.8. The maximum atomic E-state index is 12.1. The van der Waals surface area contributed by atoms with Crippen molar-refractivity contribution in [3.8, 4) is 0 Å². The Hall–Kier alpha value is -2.56. The second-order valence-corrected chi connectivity index (χ2v) is 5.25. The molecule has 1 aromatic carbocycles. The molecule has 0 bridgehead atoms. The number of hydrogen-bond acceptors (Lipinski definition) is 3. The van der Waals surface area contributed by atoms with Crippen molar-refractivity contribution >= 4 is 11.8 Å². The lowest BCUT2D eigenvalue weighted by atomic mass is 10.1. The topological polar surface area (TPSA) is 85.3 Å². The molecule has 0 radical (unpaired) electrons. The smallest absolute Gasteiger partial charge is 0.248 e. The first-order valence-corrected chi connectivity index (χ1v) is 6.85. The van der Waals surface area contributed by atoms with Gasteiger partial charge in [-0.15, -0.1) is 0 Å². The fourth-order valence-corrected chi connectivity index (χ4v) is 2.46. The number of benzene rings is 1. The van der Waals surface area contributed by atoms with Gasteiger partial charge in [-0.2, -0.15) is 0 Å². The van der Waals surface area contributed by atoms with Crippen molar-refractivity contribution in [2.75, 3.05) is 0 Å². The summed E-state index contributed by atoms with van der Waals surface area (Å²) in [5, 5.41) is 2.89. The number of nitrogens with two attached hydrogens (primary N) is 1. The largest absolute Gasteiger partial charge is 0.469 e. The van der Waals surface area contributed by atoms with Gasteiger partial charge in [0.1, 0.15) is 5.76 Å². The third kappa shape index (κ3) is 2.97. The Labute approximate surface area is 122 Å². The minimum absolute atomic E-state index is 0.0147. The van der Waals surface area contributed by atoms with E-state index in [1.807, 2.05) is 18.2 Å². The molecule has 5 heteroatoms. The van der Waals surface area contributed by atoms with Gasteiger partial charge in [0.15, 0.2) is 0 Å². The molecule has 2 atom stereocenters. The summed E-state index contributed by atoms with van der Waals surface area (Å²) in [5.41, 5.74) is 6.53. The Morgan fingerprint density at radius 1 is 1.29 bits per heavy atom. The number of amides is 2. The SMILES string of the molecule is NC(=O)c1cccc(CNC(=O)C2CC2c2ccco2)c1. The molecule has 0 saturated heterocycles. The van der Waals surface area contributed by atoms with Gasteiger partial charge >= 0.3 is 0 Å². The van der Waals surface area contributed by atoms with Gasteiger partial charge in [-0.25, -0.2) is 0 Å². The lowest BCUT2D eigenvalue weighted by Gasteiger charge is -2.06. The van der Waals surface area contributed by atoms with E-state index in [9.17, 15) is 9.59 Å². The zero-order valence-electron chi connectivity index (χ0n) is 11.4. The van der Waals surface area contributed by atoms with Crippen molar-refractivity contribution in [1.29, 1.82) is 0 Å². The molecule has 1 fully saturated rings. The van der Waals surface area contributed by atoms with Crippen LogP contribution in [0, 0.1) is 5.92 Å². The van der Waals surface area contributed by atoms with E-state index in [0.29, 0.717) is 12.1 Å². The molecule has 108 valence electrons. The van der Waals surface area contributed by atoms with Gasteiger partial charge in [0, 0.05) is 23.9 Å². The van der Waals surface area contributed by atoms with E-state index < -0.39 is 5.91 Å². The normalized spacial score (nSPS) is 20.0. The number of carbonyl (C=O) groups is 2.